The van der Waals surface area contributed by atoms with Gasteiger partial charge in [0.15, 0.2) is 5.69 Å². The number of rotatable bonds is 3. The predicted octanol–water partition coefficient (Wildman–Crippen LogP) is 0.473. The van der Waals surface area contributed by atoms with Gasteiger partial charge in [-0.05, 0) is 6.07 Å². The van der Waals surface area contributed by atoms with E-state index >= 15 is 0 Å². The van der Waals surface area contributed by atoms with Crippen LogP contribution in [0.2, 0.25) is 0 Å². The van der Waals surface area contributed by atoms with Crippen LogP contribution in [0.3, 0.4) is 0 Å². The standard InChI is InChI=1S/C15H17N3O4/c1-21-15(20)13-11-4-2-3-5-12(11)14(19)18(16-13)10-17-6-8-22-9-7-17/h2-5H,6-10H2,1H3. The highest BCUT2D eigenvalue weighted by Crippen LogP contribution is 2.14. The van der Waals surface area contributed by atoms with Gasteiger partial charge in [0.2, 0.25) is 0 Å². The van der Waals surface area contributed by atoms with E-state index in [1.807, 2.05) is 0 Å². The zero-order valence-electron chi connectivity index (χ0n) is 12.3. The minimum atomic E-state index is -0.549. The lowest BCUT2D eigenvalue weighted by atomic mass is 10.1. The highest BCUT2D eigenvalue weighted by Gasteiger charge is 2.19. The fraction of sp³-hybridized carbons (Fsp3) is 0.400. The minimum Gasteiger partial charge on any atom is -0.464 e. The van der Waals surface area contributed by atoms with Gasteiger partial charge in [-0.25, -0.2) is 9.48 Å². The van der Waals surface area contributed by atoms with Crippen molar-refractivity contribution < 1.29 is 14.3 Å². The van der Waals surface area contributed by atoms with Gasteiger partial charge >= 0.3 is 5.97 Å². The van der Waals surface area contributed by atoms with Crippen molar-refractivity contribution in [3.8, 4) is 0 Å². The van der Waals surface area contributed by atoms with E-state index in [4.69, 9.17) is 9.47 Å². The molecule has 3 rings (SSSR count). The normalized spacial score (nSPS) is 15.9. The topological polar surface area (TPSA) is 73.7 Å². The molecule has 1 saturated heterocycles. The first-order chi connectivity index (χ1) is 10.7. The van der Waals surface area contributed by atoms with Gasteiger partial charge < -0.3 is 9.47 Å². The molecule has 0 aliphatic carbocycles. The van der Waals surface area contributed by atoms with E-state index in [1.54, 1.807) is 24.3 Å². The van der Waals surface area contributed by atoms with Crippen LogP contribution in [0, 0.1) is 0 Å². The number of hydrogen-bond donors (Lipinski definition) is 0. The van der Waals surface area contributed by atoms with Crippen LogP contribution in [0.1, 0.15) is 10.5 Å². The van der Waals surface area contributed by atoms with Crippen LogP contribution in [0.15, 0.2) is 29.1 Å². The van der Waals surface area contributed by atoms with E-state index in [-0.39, 0.29) is 11.3 Å². The summed E-state index contributed by atoms with van der Waals surface area (Å²) in [6.07, 6.45) is 0. The van der Waals surface area contributed by atoms with Gasteiger partial charge in [-0.2, -0.15) is 5.10 Å². The largest absolute Gasteiger partial charge is 0.464 e. The van der Waals surface area contributed by atoms with Gasteiger partial charge in [0.1, 0.15) is 0 Å². The molecule has 0 N–H and O–H groups in total. The maximum atomic E-state index is 12.6. The number of esters is 1. The van der Waals surface area contributed by atoms with Crippen molar-refractivity contribution in [2.24, 2.45) is 0 Å². The summed E-state index contributed by atoms with van der Waals surface area (Å²) in [5.74, 6) is -0.549. The molecule has 2 aromatic rings. The van der Waals surface area contributed by atoms with E-state index in [9.17, 15) is 9.59 Å². The number of carbonyl (C=O) groups excluding carboxylic acids is 1. The van der Waals surface area contributed by atoms with Crippen molar-refractivity contribution in [2.45, 2.75) is 6.67 Å². The molecule has 0 amide bonds. The number of nitrogens with zero attached hydrogens (tertiary/aromatic N) is 3. The van der Waals surface area contributed by atoms with Crippen LogP contribution in [-0.4, -0.2) is 54.1 Å². The lowest BCUT2D eigenvalue weighted by Gasteiger charge is -2.26. The summed E-state index contributed by atoms with van der Waals surface area (Å²) < 4.78 is 11.4. The average Bonchev–Trinajstić information content (AvgIpc) is 2.58. The van der Waals surface area contributed by atoms with Gasteiger partial charge in [-0.15, -0.1) is 0 Å². The van der Waals surface area contributed by atoms with Crippen LogP contribution in [0.25, 0.3) is 10.8 Å². The molecular formula is C15H17N3O4. The molecule has 1 fully saturated rings. The molecule has 22 heavy (non-hydrogen) atoms. The smallest absolute Gasteiger partial charge is 0.359 e. The molecule has 1 aliphatic heterocycles. The maximum absolute atomic E-state index is 12.6. The lowest BCUT2D eigenvalue weighted by molar-refractivity contribution is 0.0202. The van der Waals surface area contributed by atoms with E-state index in [2.05, 4.69) is 10.00 Å². The first-order valence-corrected chi connectivity index (χ1v) is 7.09. The summed E-state index contributed by atoms with van der Waals surface area (Å²) in [4.78, 5) is 26.6. The molecular weight excluding hydrogens is 286 g/mol. The first-order valence-electron chi connectivity index (χ1n) is 7.09. The average molecular weight is 303 g/mol. The molecule has 7 heteroatoms. The Morgan fingerprint density at radius 3 is 2.64 bits per heavy atom. The van der Waals surface area contributed by atoms with E-state index < -0.39 is 5.97 Å². The summed E-state index contributed by atoms with van der Waals surface area (Å²) in [6, 6.07) is 6.93. The lowest BCUT2D eigenvalue weighted by Crippen LogP contribution is -2.41. The predicted molar refractivity (Wildman–Crippen MR) is 79.7 cm³/mol. The zero-order valence-corrected chi connectivity index (χ0v) is 12.3. The Balaban J connectivity index is 2.07. The Hall–Kier alpha value is -2.25. The fourth-order valence-corrected chi connectivity index (χ4v) is 2.51. The minimum absolute atomic E-state index is 0.158. The highest BCUT2D eigenvalue weighted by molar-refractivity contribution is 6.01. The second kappa shape index (κ2) is 6.25. The van der Waals surface area contributed by atoms with E-state index in [0.717, 1.165) is 13.1 Å². The quantitative estimate of drug-likeness (QED) is 0.768. The number of fused-ring (bicyclic) bond motifs is 1. The second-order valence-electron chi connectivity index (χ2n) is 5.06. The number of hydrogen-bond acceptors (Lipinski definition) is 6. The number of aromatic nitrogens is 2. The van der Waals surface area contributed by atoms with E-state index in [0.29, 0.717) is 30.7 Å². The van der Waals surface area contributed by atoms with Gasteiger partial charge in [0.05, 0.1) is 32.4 Å². The number of carbonyl (C=O) groups is 1. The summed E-state index contributed by atoms with van der Waals surface area (Å²) in [5.41, 5.74) is -0.0549. The summed E-state index contributed by atoms with van der Waals surface area (Å²) in [6.45, 7) is 3.05. The monoisotopic (exact) mass is 303 g/mol. The van der Waals surface area contributed by atoms with Crippen LogP contribution >= 0.6 is 0 Å². The van der Waals surface area contributed by atoms with Crippen molar-refractivity contribution in [3.05, 3.63) is 40.3 Å². The third-order valence-corrected chi connectivity index (χ3v) is 3.68. The molecule has 0 unspecified atom stereocenters. The Bertz CT molecular complexity index is 750. The van der Waals surface area contributed by atoms with Crippen molar-refractivity contribution in [3.63, 3.8) is 0 Å². The number of morpholine rings is 1. The Labute approximate surface area is 127 Å². The van der Waals surface area contributed by atoms with Crippen LogP contribution in [0.4, 0.5) is 0 Å². The zero-order chi connectivity index (χ0) is 15.5. The van der Waals surface area contributed by atoms with Crippen LogP contribution < -0.4 is 5.56 Å². The van der Waals surface area contributed by atoms with Crippen LogP contribution in [0.5, 0.6) is 0 Å². The summed E-state index contributed by atoms with van der Waals surface area (Å²) >= 11 is 0. The van der Waals surface area contributed by atoms with Crippen molar-refractivity contribution >= 4 is 16.7 Å². The Morgan fingerprint density at radius 2 is 1.95 bits per heavy atom. The Kier molecular flexibility index (Phi) is 4.17. The summed E-state index contributed by atoms with van der Waals surface area (Å²) in [5, 5.41) is 5.19. The van der Waals surface area contributed by atoms with Crippen molar-refractivity contribution in [1.82, 2.24) is 14.7 Å². The van der Waals surface area contributed by atoms with Gasteiger partial charge in [0, 0.05) is 18.5 Å². The number of ether oxygens (including phenoxy) is 2. The molecule has 1 aromatic carbocycles. The van der Waals surface area contributed by atoms with Crippen molar-refractivity contribution in [2.75, 3.05) is 33.4 Å². The molecule has 0 saturated carbocycles. The number of methoxy groups -OCH3 is 1. The van der Waals surface area contributed by atoms with Gasteiger partial charge in [-0.3, -0.25) is 9.69 Å². The molecule has 1 aliphatic rings. The second-order valence-corrected chi connectivity index (χ2v) is 5.06. The summed E-state index contributed by atoms with van der Waals surface area (Å²) in [7, 11) is 1.30. The first kappa shape index (κ1) is 14.7. The molecule has 1 aromatic heterocycles. The number of benzene rings is 1. The molecule has 2 heterocycles. The third kappa shape index (κ3) is 2.72. The molecule has 0 bridgehead atoms. The maximum Gasteiger partial charge on any atom is 0.359 e. The molecule has 7 nitrogen and oxygen atoms in total. The SMILES string of the molecule is COC(=O)c1nn(CN2CCOCC2)c(=O)c2ccccc12. The third-order valence-electron chi connectivity index (χ3n) is 3.68. The highest BCUT2D eigenvalue weighted by atomic mass is 16.5. The molecule has 0 radical (unpaired) electrons. The van der Waals surface area contributed by atoms with Gasteiger partial charge in [-0.1, -0.05) is 18.2 Å². The van der Waals surface area contributed by atoms with E-state index in [1.165, 1.54) is 11.8 Å². The van der Waals surface area contributed by atoms with Crippen LogP contribution in [-0.2, 0) is 16.1 Å². The molecule has 116 valence electrons. The van der Waals surface area contributed by atoms with Gasteiger partial charge in [0.25, 0.3) is 5.56 Å². The molecule has 0 spiro atoms. The Morgan fingerprint density at radius 1 is 1.27 bits per heavy atom. The molecule has 0 atom stereocenters. The van der Waals surface area contributed by atoms with Crippen molar-refractivity contribution in [1.29, 1.82) is 0 Å². The fourth-order valence-electron chi connectivity index (χ4n) is 2.51.